The molecule has 0 fully saturated rings. The molecule has 0 spiro atoms. The summed E-state index contributed by atoms with van der Waals surface area (Å²) in [6.07, 6.45) is 3.76. The van der Waals surface area contributed by atoms with Crippen LogP contribution in [0.4, 0.5) is 0 Å². The fraction of sp³-hybridized carbons (Fsp3) is 0.636. The number of aliphatic carboxylic acids is 1. The summed E-state index contributed by atoms with van der Waals surface area (Å²) in [7, 11) is -3.84. The molecular weight excluding hydrogens is 270 g/mol. The van der Waals surface area contributed by atoms with Crippen molar-refractivity contribution in [3.05, 3.63) is 12.0 Å². The third-order valence-electron chi connectivity index (χ3n) is 3.13. The van der Waals surface area contributed by atoms with Crippen molar-refractivity contribution in [3.63, 3.8) is 0 Å². The fourth-order valence-electron chi connectivity index (χ4n) is 2.21. The van der Waals surface area contributed by atoms with Gasteiger partial charge in [0.15, 0.2) is 5.03 Å². The normalized spacial score (nSPS) is 16.3. The lowest BCUT2D eigenvalue weighted by Crippen LogP contribution is -2.41. The average Bonchev–Trinajstić information content (AvgIpc) is 2.88. The Morgan fingerprint density at radius 1 is 1.63 bits per heavy atom. The maximum absolute atomic E-state index is 12.2. The molecule has 106 valence electrons. The number of sulfonamides is 1. The Bertz CT molecular complexity index is 579. The van der Waals surface area contributed by atoms with Crippen LogP contribution in [0.25, 0.3) is 0 Å². The number of carboxylic acids is 1. The second kappa shape index (κ2) is 5.30. The number of aryl methyl sites for hydroxylation is 1. The van der Waals surface area contributed by atoms with Crippen LogP contribution in [0.1, 0.15) is 32.0 Å². The molecule has 7 nitrogen and oxygen atoms in total. The van der Waals surface area contributed by atoms with Crippen LogP contribution in [0.2, 0.25) is 0 Å². The first-order chi connectivity index (χ1) is 8.95. The van der Waals surface area contributed by atoms with Crippen molar-refractivity contribution >= 4 is 16.0 Å². The molecular formula is C11H17N3O4S. The van der Waals surface area contributed by atoms with E-state index in [0.717, 1.165) is 18.7 Å². The van der Waals surface area contributed by atoms with E-state index in [2.05, 4.69) is 9.71 Å². The van der Waals surface area contributed by atoms with Gasteiger partial charge in [-0.1, -0.05) is 13.3 Å². The highest BCUT2D eigenvalue weighted by Crippen LogP contribution is 2.20. The first kappa shape index (κ1) is 14.0. The summed E-state index contributed by atoms with van der Waals surface area (Å²) in [5.41, 5.74) is 0. The molecule has 1 unspecified atom stereocenters. The number of hydrogen-bond donors (Lipinski definition) is 2. The minimum absolute atomic E-state index is 0.0577. The molecule has 0 saturated carbocycles. The lowest BCUT2D eigenvalue weighted by molar-refractivity contribution is -0.139. The van der Waals surface area contributed by atoms with Gasteiger partial charge in [0.05, 0.1) is 6.20 Å². The first-order valence-corrected chi connectivity index (χ1v) is 7.73. The van der Waals surface area contributed by atoms with E-state index in [1.165, 1.54) is 6.20 Å². The summed E-state index contributed by atoms with van der Waals surface area (Å²) in [5, 5.41) is 9.07. The fourth-order valence-corrected chi connectivity index (χ4v) is 3.61. The van der Waals surface area contributed by atoms with Crippen LogP contribution < -0.4 is 4.72 Å². The van der Waals surface area contributed by atoms with Gasteiger partial charge in [-0.3, -0.25) is 4.79 Å². The average molecular weight is 287 g/mol. The summed E-state index contributed by atoms with van der Waals surface area (Å²) in [4.78, 5) is 15.1. The van der Waals surface area contributed by atoms with Crippen LogP contribution in [0, 0.1) is 0 Å². The second-order valence-electron chi connectivity index (χ2n) is 4.57. The number of nitrogens with zero attached hydrogens (tertiary/aromatic N) is 2. The monoisotopic (exact) mass is 287 g/mol. The molecule has 0 bridgehead atoms. The first-order valence-electron chi connectivity index (χ1n) is 6.25. The molecule has 0 saturated heterocycles. The van der Waals surface area contributed by atoms with Gasteiger partial charge in [0, 0.05) is 13.0 Å². The lowest BCUT2D eigenvalue weighted by atomic mass is 10.2. The predicted molar refractivity (Wildman–Crippen MR) is 67.2 cm³/mol. The summed E-state index contributed by atoms with van der Waals surface area (Å²) in [6, 6.07) is -1.09. The Balaban J connectivity index is 2.24. The predicted octanol–water partition coefficient (Wildman–Crippen LogP) is 0.361. The van der Waals surface area contributed by atoms with Crippen LogP contribution in [-0.2, 0) is 27.8 Å². The largest absolute Gasteiger partial charge is 0.480 e. The quantitative estimate of drug-likeness (QED) is 0.786. The van der Waals surface area contributed by atoms with Crippen molar-refractivity contribution in [1.82, 2.24) is 14.3 Å². The number of nitrogens with one attached hydrogen (secondary N) is 1. The highest BCUT2D eigenvalue weighted by atomic mass is 32.2. The van der Waals surface area contributed by atoms with Crippen LogP contribution >= 0.6 is 0 Å². The zero-order valence-electron chi connectivity index (χ0n) is 10.7. The lowest BCUT2D eigenvalue weighted by Gasteiger charge is -2.14. The van der Waals surface area contributed by atoms with Gasteiger partial charge >= 0.3 is 5.97 Å². The van der Waals surface area contributed by atoms with E-state index >= 15 is 0 Å². The molecule has 0 radical (unpaired) electrons. The summed E-state index contributed by atoms with van der Waals surface area (Å²) < 4.78 is 28.3. The minimum Gasteiger partial charge on any atom is -0.480 e. The van der Waals surface area contributed by atoms with E-state index in [0.29, 0.717) is 13.0 Å². The molecule has 2 rings (SSSR count). The molecule has 0 amide bonds. The van der Waals surface area contributed by atoms with E-state index in [1.807, 2.05) is 0 Å². The van der Waals surface area contributed by atoms with E-state index < -0.39 is 22.0 Å². The van der Waals surface area contributed by atoms with Crippen LogP contribution in [0.5, 0.6) is 0 Å². The SMILES string of the molecule is CCCC(NS(=O)(=O)c1cnc2n1CCC2)C(=O)O. The van der Waals surface area contributed by atoms with Crippen molar-refractivity contribution in [2.24, 2.45) is 0 Å². The number of aromatic nitrogens is 2. The van der Waals surface area contributed by atoms with Gasteiger partial charge in [0.1, 0.15) is 11.9 Å². The van der Waals surface area contributed by atoms with E-state index in [-0.39, 0.29) is 11.4 Å². The summed E-state index contributed by atoms with van der Waals surface area (Å²) in [5.74, 6) is -0.422. The summed E-state index contributed by atoms with van der Waals surface area (Å²) in [6.45, 7) is 2.41. The van der Waals surface area contributed by atoms with Crippen LogP contribution in [-0.4, -0.2) is 35.1 Å². The standard InChI is InChI=1S/C11H17N3O4S/c1-2-4-8(11(15)16)13-19(17,18)10-7-12-9-5-3-6-14(9)10/h7-8,13H,2-6H2,1H3,(H,15,16). The van der Waals surface area contributed by atoms with Crippen molar-refractivity contribution in [2.75, 3.05) is 0 Å². The van der Waals surface area contributed by atoms with Crippen molar-refractivity contribution in [2.45, 2.75) is 50.2 Å². The molecule has 0 aliphatic carbocycles. The third-order valence-corrected chi connectivity index (χ3v) is 4.60. The number of carboxylic acid groups (broad SMARTS) is 1. The Kier molecular flexibility index (Phi) is 3.91. The second-order valence-corrected chi connectivity index (χ2v) is 6.23. The van der Waals surface area contributed by atoms with Gasteiger partial charge < -0.3 is 9.67 Å². The van der Waals surface area contributed by atoms with Gasteiger partial charge in [-0.05, 0) is 12.8 Å². The number of carbonyl (C=O) groups is 1. The van der Waals surface area contributed by atoms with E-state index in [4.69, 9.17) is 5.11 Å². The molecule has 1 atom stereocenters. The maximum atomic E-state index is 12.2. The van der Waals surface area contributed by atoms with Gasteiger partial charge in [0.25, 0.3) is 10.0 Å². The minimum atomic E-state index is -3.84. The van der Waals surface area contributed by atoms with Gasteiger partial charge in [-0.2, -0.15) is 4.72 Å². The number of rotatable bonds is 6. The van der Waals surface area contributed by atoms with Crippen LogP contribution in [0.3, 0.4) is 0 Å². The van der Waals surface area contributed by atoms with Crippen molar-refractivity contribution in [1.29, 1.82) is 0 Å². The summed E-state index contributed by atoms with van der Waals surface area (Å²) >= 11 is 0. The number of hydrogen-bond acceptors (Lipinski definition) is 4. The number of imidazole rings is 1. The molecule has 1 aliphatic heterocycles. The van der Waals surface area contributed by atoms with Crippen molar-refractivity contribution < 1.29 is 18.3 Å². The molecule has 19 heavy (non-hydrogen) atoms. The smallest absolute Gasteiger partial charge is 0.321 e. The van der Waals surface area contributed by atoms with Gasteiger partial charge in [-0.15, -0.1) is 0 Å². The van der Waals surface area contributed by atoms with Crippen LogP contribution in [0.15, 0.2) is 11.2 Å². The molecule has 2 heterocycles. The van der Waals surface area contributed by atoms with Gasteiger partial charge in [-0.25, -0.2) is 13.4 Å². The zero-order chi connectivity index (χ0) is 14.0. The number of fused-ring (bicyclic) bond motifs is 1. The molecule has 0 aromatic carbocycles. The van der Waals surface area contributed by atoms with E-state index in [1.54, 1.807) is 11.5 Å². The topological polar surface area (TPSA) is 101 Å². The Morgan fingerprint density at radius 2 is 2.37 bits per heavy atom. The molecule has 1 aromatic heterocycles. The molecule has 2 N–H and O–H groups in total. The Morgan fingerprint density at radius 3 is 3.00 bits per heavy atom. The highest BCUT2D eigenvalue weighted by Gasteiger charge is 2.29. The Labute approximate surface area is 111 Å². The maximum Gasteiger partial charge on any atom is 0.321 e. The molecule has 1 aromatic rings. The molecule has 1 aliphatic rings. The third kappa shape index (κ3) is 2.79. The Hall–Kier alpha value is -1.41. The van der Waals surface area contributed by atoms with Gasteiger partial charge in [0.2, 0.25) is 0 Å². The molecule has 8 heteroatoms. The zero-order valence-corrected chi connectivity index (χ0v) is 11.5. The highest BCUT2D eigenvalue weighted by molar-refractivity contribution is 7.89. The van der Waals surface area contributed by atoms with E-state index in [9.17, 15) is 13.2 Å². The van der Waals surface area contributed by atoms with Crippen molar-refractivity contribution in [3.8, 4) is 0 Å².